The van der Waals surface area contributed by atoms with Crippen LogP contribution in [0, 0.1) is 12.8 Å². The minimum atomic E-state index is -0.297. The molecule has 1 fully saturated rings. The fourth-order valence-electron chi connectivity index (χ4n) is 4.56. The highest BCUT2D eigenvalue weighted by Gasteiger charge is 2.24. The standard InChI is InChI=1S/C32H33N3O4/c1-24-5-4-20-33-30(24)16-9-25-7-10-29(11-8-25)39-32(36)35-21-17-26(18-22-35)23-37-27-12-14-28(15-13-27)38-31-6-2-3-19-34-31/h2-8,10-15,19-20,26H,9,16-18,21-23H2,1H3. The van der Waals surface area contributed by atoms with E-state index in [2.05, 4.69) is 23.0 Å². The summed E-state index contributed by atoms with van der Waals surface area (Å²) < 4.78 is 17.4. The number of hydrogen-bond acceptors (Lipinski definition) is 6. The molecule has 200 valence electrons. The molecule has 1 amide bonds. The van der Waals surface area contributed by atoms with Crippen molar-refractivity contribution in [3.63, 3.8) is 0 Å². The maximum absolute atomic E-state index is 12.7. The van der Waals surface area contributed by atoms with Gasteiger partial charge in [0.05, 0.1) is 6.61 Å². The number of benzene rings is 2. The molecule has 0 spiro atoms. The maximum atomic E-state index is 12.7. The number of hydrogen-bond donors (Lipinski definition) is 0. The first-order chi connectivity index (χ1) is 19.1. The van der Waals surface area contributed by atoms with E-state index in [9.17, 15) is 4.79 Å². The summed E-state index contributed by atoms with van der Waals surface area (Å²) in [6.45, 7) is 4.01. The van der Waals surface area contributed by atoms with Crippen molar-refractivity contribution >= 4 is 6.09 Å². The molecule has 2 aromatic heterocycles. The smallest absolute Gasteiger partial charge is 0.415 e. The van der Waals surface area contributed by atoms with Crippen LogP contribution in [0.15, 0.2) is 91.3 Å². The average Bonchev–Trinajstić information content (AvgIpc) is 2.98. The summed E-state index contributed by atoms with van der Waals surface area (Å²) in [7, 11) is 0. The minimum Gasteiger partial charge on any atom is -0.493 e. The predicted molar refractivity (Wildman–Crippen MR) is 149 cm³/mol. The van der Waals surface area contributed by atoms with Gasteiger partial charge in [0.1, 0.15) is 17.2 Å². The third kappa shape index (κ3) is 7.57. The zero-order chi connectivity index (χ0) is 26.9. The fraction of sp³-hybridized carbons (Fsp3) is 0.281. The molecule has 1 aliphatic heterocycles. The SMILES string of the molecule is Cc1cccnc1CCc1ccc(OC(=O)N2CCC(COc3ccc(Oc4ccccn4)cc3)CC2)cc1. The Hall–Kier alpha value is -4.39. The van der Waals surface area contributed by atoms with Gasteiger partial charge in [0.25, 0.3) is 0 Å². The zero-order valence-corrected chi connectivity index (χ0v) is 22.2. The predicted octanol–water partition coefficient (Wildman–Crippen LogP) is 6.65. The molecule has 2 aromatic carbocycles. The Labute approximate surface area is 229 Å². The van der Waals surface area contributed by atoms with Crippen LogP contribution in [0.5, 0.6) is 23.1 Å². The quantitative estimate of drug-likeness (QED) is 0.244. The Morgan fingerprint density at radius 3 is 2.26 bits per heavy atom. The lowest BCUT2D eigenvalue weighted by atomic mass is 9.98. The van der Waals surface area contributed by atoms with E-state index in [4.69, 9.17) is 14.2 Å². The minimum absolute atomic E-state index is 0.297. The first kappa shape index (κ1) is 26.2. The van der Waals surface area contributed by atoms with Crippen molar-refractivity contribution in [2.45, 2.75) is 32.6 Å². The summed E-state index contributed by atoms with van der Waals surface area (Å²) in [6, 6.07) is 24.9. The van der Waals surface area contributed by atoms with Crippen molar-refractivity contribution < 1.29 is 19.0 Å². The maximum Gasteiger partial charge on any atom is 0.415 e. The lowest BCUT2D eigenvalue weighted by Gasteiger charge is -2.31. The van der Waals surface area contributed by atoms with Crippen LogP contribution in [0.4, 0.5) is 4.79 Å². The molecule has 0 aliphatic carbocycles. The number of ether oxygens (including phenoxy) is 3. The number of piperidine rings is 1. The number of rotatable bonds is 9. The summed E-state index contributed by atoms with van der Waals surface area (Å²) in [6.07, 6.45) is 6.77. The highest BCUT2D eigenvalue weighted by molar-refractivity contribution is 5.70. The molecule has 0 N–H and O–H groups in total. The van der Waals surface area contributed by atoms with Crippen molar-refractivity contribution in [3.05, 3.63) is 108 Å². The largest absolute Gasteiger partial charge is 0.493 e. The summed E-state index contributed by atoms with van der Waals surface area (Å²) in [5, 5.41) is 0. The Kier molecular flexibility index (Phi) is 8.68. The summed E-state index contributed by atoms with van der Waals surface area (Å²) in [5.41, 5.74) is 3.52. The average molecular weight is 524 g/mol. The molecule has 39 heavy (non-hydrogen) atoms. The number of nitrogens with zero attached hydrogens (tertiary/aromatic N) is 3. The molecule has 1 saturated heterocycles. The second kappa shape index (κ2) is 12.9. The number of aromatic nitrogens is 2. The van der Waals surface area contributed by atoms with Crippen LogP contribution in [-0.4, -0.2) is 40.7 Å². The number of amides is 1. The Morgan fingerprint density at radius 1 is 0.821 bits per heavy atom. The first-order valence-electron chi connectivity index (χ1n) is 13.4. The number of aryl methyl sites for hydroxylation is 3. The van der Waals surface area contributed by atoms with Gasteiger partial charge in [-0.05, 0) is 98.2 Å². The Bertz CT molecular complexity index is 1340. The molecular formula is C32H33N3O4. The van der Waals surface area contributed by atoms with Crippen LogP contribution < -0.4 is 14.2 Å². The van der Waals surface area contributed by atoms with Gasteiger partial charge in [-0.25, -0.2) is 9.78 Å². The van der Waals surface area contributed by atoms with E-state index in [0.717, 1.165) is 37.1 Å². The van der Waals surface area contributed by atoms with Gasteiger partial charge in [-0.2, -0.15) is 0 Å². The van der Waals surface area contributed by atoms with E-state index in [1.54, 1.807) is 11.1 Å². The van der Waals surface area contributed by atoms with Crippen LogP contribution in [0.1, 0.15) is 29.7 Å². The number of likely N-dealkylation sites (tertiary alicyclic amines) is 1. The number of carbonyl (C=O) groups excluding carboxylic acids is 1. The van der Waals surface area contributed by atoms with Gasteiger partial charge in [0.15, 0.2) is 0 Å². The van der Waals surface area contributed by atoms with Crippen molar-refractivity contribution in [1.82, 2.24) is 14.9 Å². The fourth-order valence-corrected chi connectivity index (χ4v) is 4.56. The van der Waals surface area contributed by atoms with Gasteiger partial charge in [-0.15, -0.1) is 0 Å². The summed E-state index contributed by atoms with van der Waals surface area (Å²) in [5.74, 6) is 3.02. The molecule has 7 heteroatoms. The van der Waals surface area contributed by atoms with E-state index in [-0.39, 0.29) is 6.09 Å². The van der Waals surface area contributed by atoms with Crippen LogP contribution in [-0.2, 0) is 12.8 Å². The van der Waals surface area contributed by atoms with Gasteiger partial charge in [0.2, 0.25) is 5.88 Å². The summed E-state index contributed by atoms with van der Waals surface area (Å²) in [4.78, 5) is 23.1. The lowest BCUT2D eigenvalue weighted by molar-refractivity contribution is 0.117. The third-order valence-electron chi connectivity index (χ3n) is 6.94. The number of pyridine rings is 2. The van der Waals surface area contributed by atoms with Crippen molar-refractivity contribution in [2.75, 3.05) is 19.7 Å². The van der Waals surface area contributed by atoms with Gasteiger partial charge >= 0.3 is 6.09 Å². The molecule has 7 nitrogen and oxygen atoms in total. The molecule has 0 radical (unpaired) electrons. The molecule has 1 aliphatic rings. The second-order valence-corrected chi connectivity index (χ2v) is 9.76. The Balaban J connectivity index is 1.02. The van der Waals surface area contributed by atoms with Gasteiger partial charge in [-0.1, -0.05) is 24.3 Å². The van der Waals surface area contributed by atoms with E-state index in [1.165, 1.54) is 11.1 Å². The molecule has 4 aromatic rings. The molecule has 5 rings (SSSR count). The monoisotopic (exact) mass is 523 g/mol. The van der Waals surface area contributed by atoms with E-state index >= 15 is 0 Å². The third-order valence-corrected chi connectivity index (χ3v) is 6.94. The molecular weight excluding hydrogens is 490 g/mol. The van der Waals surface area contributed by atoms with Crippen LogP contribution in [0.25, 0.3) is 0 Å². The van der Waals surface area contributed by atoms with Crippen molar-refractivity contribution in [1.29, 1.82) is 0 Å². The second-order valence-electron chi connectivity index (χ2n) is 9.76. The molecule has 0 saturated carbocycles. The molecule has 3 heterocycles. The number of carbonyl (C=O) groups is 1. The first-order valence-corrected chi connectivity index (χ1v) is 13.4. The van der Waals surface area contributed by atoms with Crippen molar-refractivity contribution in [2.24, 2.45) is 5.92 Å². The van der Waals surface area contributed by atoms with Crippen LogP contribution in [0.3, 0.4) is 0 Å². The van der Waals surface area contributed by atoms with Gasteiger partial charge < -0.3 is 19.1 Å². The summed E-state index contributed by atoms with van der Waals surface area (Å²) >= 11 is 0. The highest BCUT2D eigenvalue weighted by Crippen LogP contribution is 2.25. The van der Waals surface area contributed by atoms with Crippen LogP contribution >= 0.6 is 0 Å². The zero-order valence-electron chi connectivity index (χ0n) is 22.2. The molecule has 0 bridgehead atoms. The van der Waals surface area contributed by atoms with Gasteiger partial charge in [-0.3, -0.25) is 4.98 Å². The van der Waals surface area contributed by atoms with E-state index in [1.807, 2.05) is 79.0 Å². The van der Waals surface area contributed by atoms with Crippen LogP contribution in [0.2, 0.25) is 0 Å². The van der Waals surface area contributed by atoms with E-state index in [0.29, 0.717) is 43.0 Å². The normalized spacial score (nSPS) is 13.6. The van der Waals surface area contributed by atoms with Crippen molar-refractivity contribution in [3.8, 4) is 23.1 Å². The Morgan fingerprint density at radius 2 is 1.54 bits per heavy atom. The topological polar surface area (TPSA) is 73.8 Å². The van der Waals surface area contributed by atoms with Gasteiger partial charge in [0, 0.05) is 37.2 Å². The highest BCUT2D eigenvalue weighted by atomic mass is 16.6. The molecule has 0 unspecified atom stereocenters. The lowest BCUT2D eigenvalue weighted by Crippen LogP contribution is -2.41. The molecule has 0 atom stereocenters. The van der Waals surface area contributed by atoms with E-state index < -0.39 is 0 Å².